The maximum Gasteiger partial charge on any atom is 0.307 e. The number of carbonyl (C=O) groups excluding carboxylic acids is 2. The average Bonchev–Trinajstić information content (AvgIpc) is 2.72. The molecule has 3 rings (SSSR count). The van der Waals surface area contributed by atoms with Crippen LogP contribution >= 0.6 is 0 Å². The molecule has 1 aliphatic heterocycles. The Morgan fingerprint density at radius 2 is 1.95 bits per heavy atom. The maximum atomic E-state index is 12.3. The van der Waals surface area contributed by atoms with Crippen LogP contribution in [0.1, 0.15) is 23.7 Å². The molecule has 1 amide bonds. The lowest BCUT2D eigenvalue weighted by atomic mass is 10.1. The van der Waals surface area contributed by atoms with Gasteiger partial charge in [0.05, 0.1) is 5.69 Å². The summed E-state index contributed by atoms with van der Waals surface area (Å²) in [6, 6.07) is 11.4. The minimum atomic E-state index is -0.309. The van der Waals surface area contributed by atoms with Crippen molar-refractivity contribution in [2.75, 3.05) is 11.6 Å². The Bertz CT molecular complexity index is 673. The molecule has 0 unspecified atom stereocenters. The number of esters is 1. The minimum absolute atomic E-state index is 0.0285. The molecule has 96 valence electrons. The Balaban J connectivity index is 2.01. The summed E-state index contributed by atoms with van der Waals surface area (Å²) < 4.78 is 5.07. The van der Waals surface area contributed by atoms with Gasteiger partial charge in [-0.3, -0.25) is 14.5 Å². The number of anilines is 1. The molecule has 0 spiro atoms. The van der Waals surface area contributed by atoms with Crippen molar-refractivity contribution in [2.24, 2.45) is 0 Å². The van der Waals surface area contributed by atoms with Gasteiger partial charge in [0, 0.05) is 17.4 Å². The van der Waals surface area contributed by atoms with E-state index < -0.39 is 0 Å². The van der Waals surface area contributed by atoms with Crippen LogP contribution in [0.3, 0.4) is 0 Å². The van der Waals surface area contributed by atoms with Gasteiger partial charge in [-0.05, 0) is 17.5 Å². The average molecular weight is 255 g/mol. The second kappa shape index (κ2) is 4.39. The summed E-state index contributed by atoms with van der Waals surface area (Å²) in [7, 11) is 0. The summed E-state index contributed by atoms with van der Waals surface area (Å²) in [6.45, 7) is 1.70. The Labute approximate surface area is 110 Å². The number of amides is 1. The number of rotatable bonds is 3. The molecular weight excluding hydrogens is 242 g/mol. The van der Waals surface area contributed by atoms with Crippen LogP contribution < -0.4 is 4.90 Å². The Morgan fingerprint density at radius 1 is 1.21 bits per heavy atom. The fourth-order valence-electron chi connectivity index (χ4n) is 2.35. The van der Waals surface area contributed by atoms with Crippen LogP contribution in [0, 0.1) is 0 Å². The Morgan fingerprint density at radius 3 is 2.68 bits per heavy atom. The molecule has 0 aliphatic carbocycles. The van der Waals surface area contributed by atoms with Gasteiger partial charge >= 0.3 is 5.97 Å². The Kier molecular flexibility index (Phi) is 2.71. The first-order chi connectivity index (χ1) is 9.22. The number of hydrogen-bond acceptors (Lipinski definition) is 3. The molecule has 2 aromatic carbocycles. The van der Waals surface area contributed by atoms with Gasteiger partial charge in [0.25, 0.3) is 5.91 Å². The van der Waals surface area contributed by atoms with Gasteiger partial charge in [-0.25, -0.2) is 0 Å². The van der Waals surface area contributed by atoms with E-state index in [9.17, 15) is 9.59 Å². The summed E-state index contributed by atoms with van der Waals surface area (Å²) in [6.07, 6.45) is 0.305. The SMILES string of the molecule is CCC(=O)OCN1C(=O)c2cccc3cccc1c23. The maximum absolute atomic E-state index is 12.3. The monoisotopic (exact) mass is 255 g/mol. The molecule has 1 heterocycles. The topological polar surface area (TPSA) is 46.6 Å². The van der Waals surface area contributed by atoms with Crippen molar-refractivity contribution in [1.82, 2.24) is 0 Å². The molecule has 0 aromatic heterocycles. The van der Waals surface area contributed by atoms with Crippen molar-refractivity contribution in [2.45, 2.75) is 13.3 Å². The molecule has 0 N–H and O–H groups in total. The third kappa shape index (κ3) is 1.76. The van der Waals surface area contributed by atoms with Crippen LogP contribution in [0.25, 0.3) is 10.8 Å². The van der Waals surface area contributed by atoms with Crippen LogP contribution in [-0.4, -0.2) is 18.6 Å². The van der Waals surface area contributed by atoms with Crippen LogP contribution in [-0.2, 0) is 9.53 Å². The predicted octanol–water partition coefficient (Wildman–Crippen LogP) is 2.71. The molecule has 19 heavy (non-hydrogen) atoms. The van der Waals surface area contributed by atoms with Gasteiger partial charge in [0.1, 0.15) is 0 Å². The van der Waals surface area contributed by atoms with Crippen molar-refractivity contribution >= 4 is 28.3 Å². The first-order valence-corrected chi connectivity index (χ1v) is 6.21. The van der Waals surface area contributed by atoms with Crippen molar-refractivity contribution in [3.05, 3.63) is 42.0 Å². The lowest BCUT2D eigenvalue weighted by Crippen LogP contribution is -2.30. The number of carbonyl (C=O) groups is 2. The van der Waals surface area contributed by atoms with E-state index >= 15 is 0 Å². The van der Waals surface area contributed by atoms with Crippen molar-refractivity contribution in [1.29, 1.82) is 0 Å². The summed E-state index contributed by atoms with van der Waals surface area (Å²) in [5.74, 6) is -0.424. The molecule has 2 aromatic rings. The molecule has 0 fully saturated rings. The largest absolute Gasteiger partial charge is 0.444 e. The standard InChI is InChI=1S/C15H13NO3/c1-2-13(17)19-9-16-12-8-4-6-10-5-3-7-11(14(10)12)15(16)18/h3-8H,2,9H2,1H3. The zero-order valence-corrected chi connectivity index (χ0v) is 10.6. The molecule has 0 bridgehead atoms. The summed E-state index contributed by atoms with van der Waals surface area (Å²) in [4.78, 5) is 25.0. The summed E-state index contributed by atoms with van der Waals surface area (Å²) in [5.41, 5.74) is 1.47. The van der Waals surface area contributed by atoms with E-state index in [1.807, 2.05) is 30.3 Å². The highest BCUT2D eigenvalue weighted by molar-refractivity contribution is 6.24. The molecule has 0 saturated heterocycles. The van der Waals surface area contributed by atoms with Gasteiger partial charge < -0.3 is 4.74 Å². The normalized spacial score (nSPS) is 13.1. The van der Waals surface area contributed by atoms with E-state index in [1.165, 1.54) is 4.90 Å². The van der Waals surface area contributed by atoms with Crippen molar-refractivity contribution in [3.63, 3.8) is 0 Å². The number of ether oxygens (including phenoxy) is 1. The number of benzene rings is 2. The van der Waals surface area contributed by atoms with Crippen LogP contribution in [0.15, 0.2) is 36.4 Å². The zero-order valence-electron chi connectivity index (χ0n) is 10.6. The lowest BCUT2D eigenvalue weighted by Gasteiger charge is -2.17. The predicted molar refractivity (Wildman–Crippen MR) is 72.0 cm³/mol. The smallest absolute Gasteiger partial charge is 0.307 e. The lowest BCUT2D eigenvalue weighted by molar-refractivity contribution is -0.142. The zero-order chi connectivity index (χ0) is 13.4. The van der Waals surface area contributed by atoms with E-state index in [2.05, 4.69) is 0 Å². The molecular formula is C15H13NO3. The van der Waals surface area contributed by atoms with Gasteiger partial charge in [-0.1, -0.05) is 31.2 Å². The van der Waals surface area contributed by atoms with Crippen LogP contribution in [0.2, 0.25) is 0 Å². The Hall–Kier alpha value is -2.36. The molecule has 0 saturated carbocycles. The van der Waals surface area contributed by atoms with Gasteiger partial charge in [0.15, 0.2) is 6.73 Å². The van der Waals surface area contributed by atoms with E-state index in [-0.39, 0.29) is 18.6 Å². The van der Waals surface area contributed by atoms with E-state index in [0.29, 0.717) is 12.0 Å². The third-order valence-electron chi connectivity index (χ3n) is 3.29. The molecule has 0 radical (unpaired) electrons. The molecule has 4 heteroatoms. The fourth-order valence-corrected chi connectivity index (χ4v) is 2.35. The van der Waals surface area contributed by atoms with E-state index in [1.54, 1.807) is 13.0 Å². The quantitative estimate of drug-likeness (QED) is 0.792. The number of nitrogens with zero attached hydrogens (tertiary/aromatic N) is 1. The van der Waals surface area contributed by atoms with Crippen molar-refractivity contribution in [3.8, 4) is 0 Å². The highest BCUT2D eigenvalue weighted by Crippen LogP contribution is 2.36. The van der Waals surface area contributed by atoms with Gasteiger partial charge in [-0.2, -0.15) is 0 Å². The van der Waals surface area contributed by atoms with Crippen LogP contribution in [0.4, 0.5) is 5.69 Å². The second-order valence-corrected chi connectivity index (χ2v) is 4.41. The molecule has 4 nitrogen and oxygen atoms in total. The van der Waals surface area contributed by atoms with Gasteiger partial charge in [-0.15, -0.1) is 0 Å². The second-order valence-electron chi connectivity index (χ2n) is 4.41. The summed E-state index contributed by atoms with van der Waals surface area (Å²) >= 11 is 0. The van der Waals surface area contributed by atoms with E-state index in [4.69, 9.17) is 4.74 Å². The fraction of sp³-hybridized carbons (Fsp3) is 0.200. The first kappa shape index (κ1) is 11.7. The summed E-state index contributed by atoms with van der Waals surface area (Å²) in [5, 5.41) is 1.95. The molecule has 1 aliphatic rings. The van der Waals surface area contributed by atoms with Gasteiger partial charge in [0.2, 0.25) is 0 Å². The van der Waals surface area contributed by atoms with Crippen molar-refractivity contribution < 1.29 is 14.3 Å². The molecule has 0 atom stereocenters. The minimum Gasteiger partial charge on any atom is -0.444 e. The van der Waals surface area contributed by atoms with Crippen LogP contribution in [0.5, 0.6) is 0 Å². The third-order valence-corrected chi connectivity index (χ3v) is 3.29. The van der Waals surface area contributed by atoms with E-state index in [0.717, 1.165) is 16.5 Å². The first-order valence-electron chi connectivity index (χ1n) is 6.21. The highest BCUT2D eigenvalue weighted by Gasteiger charge is 2.29. The highest BCUT2D eigenvalue weighted by atomic mass is 16.5. The number of hydrogen-bond donors (Lipinski definition) is 0.